The highest BCUT2D eigenvalue weighted by molar-refractivity contribution is 7.89. The summed E-state index contributed by atoms with van der Waals surface area (Å²) in [6.07, 6.45) is 7.66. The number of likely N-dealkylation sites (tertiary alicyclic amines) is 1. The number of hydrogen-bond acceptors (Lipinski definition) is 9. The molecule has 0 bridgehead atoms. The zero-order valence-corrected chi connectivity index (χ0v) is 26.4. The summed E-state index contributed by atoms with van der Waals surface area (Å²) < 4.78 is 61.5. The van der Waals surface area contributed by atoms with E-state index in [4.69, 9.17) is 4.18 Å². The molecule has 1 fully saturated rings. The van der Waals surface area contributed by atoms with Gasteiger partial charge in [0.1, 0.15) is 10.6 Å². The number of benzene rings is 3. The van der Waals surface area contributed by atoms with Crippen LogP contribution in [0.15, 0.2) is 107 Å². The first-order valence-electron chi connectivity index (χ1n) is 14.7. The molecule has 1 aliphatic heterocycles. The summed E-state index contributed by atoms with van der Waals surface area (Å²) in [5, 5.41) is 12.6. The first kappa shape index (κ1) is 31.1. The van der Waals surface area contributed by atoms with Crippen LogP contribution in [0.25, 0.3) is 21.5 Å². The van der Waals surface area contributed by atoms with Gasteiger partial charge in [0.25, 0.3) is 0 Å². The fourth-order valence-electron chi connectivity index (χ4n) is 5.81. The third-order valence-electron chi connectivity index (χ3n) is 8.35. The lowest BCUT2D eigenvalue weighted by atomic mass is 10.0. The van der Waals surface area contributed by atoms with Gasteiger partial charge in [-0.3, -0.25) is 9.97 Å². The second kappa shape index (κ2) is 12.8. The Morgan fingerprint density at radius 1 is 0.844 bits per heavy atom. The number of hydrogen-bond donors (Lipinski definition) is 1. The SMILES string of the molecule is CN(C(Cc1ccc(OS(=O)(=O)c2cccc3cnccc23)cc1)CN1CCC(O)CC1)S(=O)(=O)c1cccc2cnccc12. The van der Waals surface area contributed by atoms with E-state index < -0.39 is 26.2 Å². The molecule has 1 aliphatic rings. The molecule has 1 saturated heterocycles. The van der Waals surface area contributed by atoms with E-state index in [1.807, 2.05) is 6.07 Å². The Balaban J connectivity index is 1.25. The molecule has 234 valence electrons. The zero-order valence-electron chi connectivity index (χ0n) is 24.7. The van der Waals surface area contributed by atoms with Gasteiger partial charge in [0.2, 0.25) is 10.0 Å². The molecule has 3 aromatic carbocycles. The molecule has 1 N–H and O–H groups in total. The van der Waals surface area contributed by atoms with Gasteiger partial charge in [-0.05, 0) is 61.2 Å². The summed E-state index contributed by atoms with van der Waals surface area (Å²) in [6, 6.07) is 19.7. The van der Waals surface area contributed by atoms with Gasteiger partial charge in [-0.25, -0.2) is 8.42 Å². The average molecular weight is 647 g/mol. The molecule has 6 rings (SSSR count). The van der Waals surface area contributed by atoms with Crippen LogP contribution in [-0.2, 0) is 26.6 Å². The maximum absolute atomic E-state index is 14.1. The van der Waals surface area contributed by atoms with E-state index in [1.54, 1.807) is 86.3 Å². The summed E-state index contributed by atoms with van der Waals surface area (Å²) in [6.45, 7) is 1.80. The van der Waals surface area contributed by atoms with Crippen LogP contribution in [0.2, 0.25) is 0 Å². The van der Waals surface area contributed by atoms with Crippen LogP contribution in [0, 0.1) is 0 Å². The second-order valence-electron chi connectivity index (χ2n) is 11.3. The van der Waals surface area contributed by atoms with Crippen molar-refractivity contribution in [3.05, 3.63) is 103 Å². The molecule has 0 radical (unpaired) electrons. The summed E-state index contributed by atoms with van der Waals surface area (Å²) in [5.74, 6) is 0.150. The Kier molecular flexibility index (Phi) is 8.85. The predicted octanol–water partition coefficient (Wildman–Crippen LogP) is 4.24. The van der Waals surface area contributed by atoms with Gasteiger partial charge in [-0.15, -0.1) is 0 Å². The van der Waals surface area contributed by atoms with Crippen LogP contribution < -0.4 is 4.18 Å². The number of likely N-dealkylation sites (N-methyl/N-ethyl adjacent to an activating group) is 1. The highest BCUT2D eigenvalue weighted by atomic mass is 32.2. The Labute approximate surface area is 263 Å². The topological polar surface area (TPSA) is 130 Å². The minimum atomic E-state index is -4.13. The number of aliphatic hydroxyl groups is 1. The summed E-state index contributed by atoms with van der Waals surface area (Å²) in [4.78, 5) is 10.6. The van der Waals surface area contributed by atoms with Gasteiger partial charge in [0, 0.05) is 79.1 Å². The molecular formula is C33H34N4O6S2. The van der Waals surface area contributed by atoms with Gasteiger partial charge in [-0.2, -0.15) is 12.7 Å². The van der Waals surface area contributed by atoms with Crippen LogP contribution in [0.5, 0.6) is 5.75 Å². The number of aromatic nitrogens is 2. The summed E-state index contributed by atoms with van der Waals surface area (Å²) >= 11 is 0. The van der Waals surface area contributed by atoms with Gasteiger partial charge in [0.15, 0.2) is 0 Å². The van der Waals surface area contributed by atoms with Gasteiger partial charge >= 0.3 is 10.1 Å². The molecule has 1 unspecified atom stereocenters. The summed E-state index contributed by atoms with van der Waals surface area (Å²) in [7, 11) is -6.43. The van der Waals surface area contributed by atoms with Crippen LogP contribution in [-0.4, -0.2) is 79.9 Å². The first-order valence-corrected chi connectivity index (χ1v) is 17.5. The van der Waals surface area contributed by atoms with E-state index >= 15 is 0 Å². The smallest absolute Gasteiger partial charge is 0.339 e. The summed E-state index contributed by atoms with van der Waals surface area (Å²) in [5.41, 5.74) is 0.821. The Bertz CT molecular complexity index is 2020. The zero-order chi connectivity index (χ0) is 31.6. The predicted molar refractivity (Wildman–Crippen MR) is 172 cm³/mol. The molecule has 0 spiro atoms. The quantitative estimate of drug-likeness (QED) is 0.222. The number of piperidine rings is 1. The molecule has 10 nitrogen and oxygen atoms in total. The highest BCUT2D eigenvalue weighted by Crippen LogP contribution is 2.29. The lowest BCUT2D eigenvalue weighted by molar-refractivity contribution is 0.0735. The van der Waals surface area contributed by atoms with Crippen molar-refractivity contribution in [2.24, 2.45) is 0 Å². The van der Waals surface area contributed by atoms with E-state index in [0.29, 0.717) is 55.1 Å². The molecular weight excluding hydrogens is 613 g/mol. The normalized spacial score (nSPS) is 15.9. The van der Waals surface area contributed by atoms with Crippen molar-refractivity contribution < 1.29 is 26.1 Å². The van der Waals surface area contributed by atoms with Gasteiger partial charge in [-0.1, -0.05) is 36.4 Å². The number of pyridine rings is 2. The van der Waals surface area contributed by atoms with Crippen molar-refractivity contribution in [1.29, 1.82) is 0 Å². The van der Waals surface area contributed by atoms with Crippen LogP contribution >= 0.6 is 0 Å². The van der Waals surface area contributed by atoms with Gasteiger partial charge < -0.3 is 14.2 Å². The van der Waals surface area contributed by atoms with Crippen molar-refractivity contribution >= 4 is 41.7 Å². The van der Waals surface area contributed by atoms with E-state index in [1.165, 1.54) is 16.6 Å². The first-order chi connectivity index (χ1) is 21.6. The largest absolute Gasteiger partial charge is 0.393 e. The van der Waals surface area contributed by atoms with Crippen LogP contribution in [0.1, 0.15) is 18.4 Å². The number of sulfonamides is 1. The van der Waals surface area contributed by atoms with Gasteiger partial charge in [0.05, 0.1) is 11.0 Å². The van der Waals surface area contributed by atoms with E-state index in [0.717, 1.165) is 10.9 Å². The van der Waals surface area contributed by atoms with Crippen LogP contribution in [0.4, 0.5) is 0 Å². The molecule has 0 amide bonds. The van der Waals surface area contributed by atoms with Crippen molar-refractivity contribution in [3.63, 3.8) is 0 Å². The lowest BCUT2D eigenvalue weighted by Gasteiger charge is -2.36. The lowest BCUT2D eigenvalue weighted by Crippen LogP contribution is -2.48. The highest BCUT2D eigenvalue weighted by Gasteiger charge is 2.32. The number of rotatable bonds is 10. The van der Waals surface area contributed by atoms with E-state index in [9.17, 15) is 21.9 Å². The molecule has 1 atom stereocenters. The maximum Gasteiger partial charge on any atom is 0.339 e. The molecule has 45 heavy (non-hydrogen) atoms. The van der Waals surface area contributed by atoms with E-state index in [-0.39, 0.29) is 21.6 Å². The Morgan fingerprint density at radius 3 is 2.04 bits per heavy atom. The number of aliphatic hydroxyl groups excluding tert-OH is 1. The average Bonchev–Trinajstić information content (AvgIpc) is 3.05. The molecule has 0 saturated carbocycles. The van der Waals surface area contributed by atoms with E-state index in [2.05, 4.69) is 14.9 Å². The molecule has 0 aliphatic carbocycles. The fraction of sp³-hybridized carbons (Fsp3) is 0.273. The number of fused-ring (bicyclic) bond motifs is 2. The Morgan fingerprint density at radius 2 is 1.42 bits per heavy atom. The molecule has 3 heterocycles. The minimum Gasteiger partial charge on any atom is -0.393 e. The maximum atomic E-state index is 14.1. The van der Waals surface area contributed by atoms with Crippen molar-refractivity contribution in [2.75, 3.05) is 26.7 Å². The van der Waals surface area contributed by atoms with Crippen molar-refractivity contribution in [2.45, 2.75) is 41.2 Å². The minimum absolute atomic E-state index is 0.0502. The third kappa shape index (κ3) is 6.70. The molecule has 5 aromatic rings. The fourth-order valence-corrected chi connectivity index (χ4v) is 8.53. The molecule has 12 heteroatoms. The number of nitrogens with zero attached hydrogens (tertiary/aromatic N) is 4. The second-order valence-corrected chi connectivity index (χ2v) is 14.8. The standard InChI is InChI=1S/C33H34N4O6S2/c1-36(44(39,40)32-6-2-4-25-21-34-16-12-30(25)32)27(23-37-18-14-28(38)15-19-37)20-24-8-10-29(11-9-24)43-45(41,42)33-7-3-5-26-22-35-17-13-31(26)33/h2-13,16-17,21-22,27-28,38H,14-15,18-20,23H2,1H3. The monoisotopic (exact) mass is 646 g/mol. The molecule has 2 aromatic heterocycles. The van der Waals surface area contributed by atoms with Crippen molar-refractivity contribution in [3.8, 4) is 5.75 Å². The van der Waals surface area contributed by atoms with Crippen LogP contribution in [0.3, 0.4) is 0 Å². The van der Waals surface area contributed by atoms with Crippen molar-refractivity contribution in [1.82, 2.24) is 19.2 Å². The Hall–Kier alpha value is -3.94. The third-order valence-corrected chi connectivity index (χ3v) is 11.6.